The second-order valence-electron chi connectivity index (χ2n) is 9.62. The summed E-state index contributed by atoms with van der Waals surface area (Å²) in [7, 11) is 1.86. The van der Waals surface area contributed by atoms with Gasteiger partial charge in [-0.3, -0.25) is 19.2 Å². The third-order valence-corrected chi connectivity index (χ3v) is 8.01. The Kier molecular flexibility index (Phi) is 6.45. The van der Waals surface area contributed by atoms with Crippen LogP contribution in [0.15, 0.2) is 59.4 Å². The van der Waals surface area contributed by atoms with Gasteiger partial charge in [-0.25, -0.2) is 9.49 Å². The maximum atomic E-state index is 15.8. The van der Waals surface area contributed by atoms with Crippen molar-refractivity contribution in [1.29, 1.82) is 0 Å². The van der Waals surface area contributed by atoms with E-state index in [0.717, 1.165) is 35.4 Å². The van der Waals surface area contributed by atoms with E-state index >= 15 is 4.39 Å². The Morgan fingerprint density at radius 1 is 1.15 bits per heavy atom. The summed E-state index contributed by atoms with van der Waals surface area (Å²) < 4.78 is 18.5. The van der Waals surface area contributed by atoms with Gasteiger partial charge in [-0.1, -0.05) is 24.3 Å². The highest BCUT2D eigenvalue weighted by molar-refractivity contribution is 7.20. The molecule has 5 aromatic rings. The number of hydrogen-bond donors (Lipinski definition) is 3. The van der Waals surface area contributed by atoms with Gasteiger partial charge >= 0.3 is 0 Å². The SMILES string of the molecule is Cc1ccc(-c2cc(Nc3cc(CN4CCC4)n(C)n3)c(=O)[nH]n2)c(F)c1NC(=O)c1cc2ccccc2s1. The zero-order valence-electron chi connectivity index (χ0n) is 21.4. The summed E-state index contributed by atoms with van der Waals surface area (Å²) in [5.41, 5.74) is 1.74. The molecule has 2 aromatic carbocycles. The van der Waals surface area contributed by atoms with Crippen LogP contribution in [0.4, 0.5) is 21.6 Å². The fraction of sp³-hybridized carbons (Fsp3) is 0.214. The number of benzene rings is 2. The van der Waals surface area contributed by atoms with Gasteiger partial charge in [0.25, 0.3) is 11.5 Å². The van der Waals surface area contributed by atoms with Crippen LogP contribution >= 0.6 is 11.3 Å². The Bertz CT molecular complexity index is 1740. The van der Waals surface area contributed by atoms with E-state index in [1.165, 1.54) is 23.8 Å². The van der Waals surface area contributed by atoms with E-state index in [9.17, 15) is 9.59 Å². The monoisotopic (exact) mass is 543 g/mol. The molecule has 9 nitrogen and oxygen atoms in total. The number of likely N-dealkylation sites (tertiary alicyclic amines) is 1. The second kappa shape index (κ2) is 10.1. The molecule has 11 heteroatoms. The van der Waals surface area contributed by atoms with E-state index in [2.05, 4.69) is 30.8 Å². The summed E-state index contributed by atoms with van der Waals surface area (Å²) >= 11 is 1.35. The minimum absolute atomic E-state index is 0.0674. The number of aryl methyl sites for hydroxylation is 2. The number of nitrogens with zero attached hydrogens (tertiary/aromatic N) is 4. The fourth-order valence-corrected chi connectivity index (χ4v) is 5.51. The molecule has 3 aromatic heterocycles. The number of hydrogen-bond acceptors (Lipinski definition) is 7. The van der Waals surface area contributed by atoms with Crippen LogP contribution in [0.1, 0.15) is 27.3 Å². The second-order valence-corrected chi connectivity index (χ2v) is 10.7. The van der Waals surface area contributed by atoms with Crippen molar-refractivity contribution >= 4 is 44.5 Å². The van der Waals surface area contributed by atoms with Crippen molar-refractivity contribution < 1.29 is 9.18 Å². The van der Waals surface area contributed by atoms with Gasteiger partial charge in [-0.2, -0.15) is 10.2 Å². The molecule has 0 unspecified atom stereocenters. The number of anilines is 3. The van der Waals surface area contributed by atoms with Gasteiger partial charge in [0, 0.05) is 29.9 Å². The van der Waals surface area contributed by atoms with Gasteiger partial charge in [0.15, 0.2) is 11.6 Å². The highest BCUT2D eigenvalue weighted by Gasteiger charge is 2.20. The van der Waals surface area contributed by atoms with Crippen molar-refractivity contribution in [2.45, 2.75) is 19.9 Å². The lowest BCUT2D eigenvalue weighted by Crippen LogP contribution is -2.36. The number of nitrogens with one attached hydrogen (secondary N) is 3. The van der Waals surface area contributed by atoms with Crippen LogP contribution in [-0.4, -0.2) is 43.9 Å². The van der Waals surface area contributed by atoms with E-state index in [4.69, 9.17) is 0 Å². The van der Waals surface area contributed by atoms with Crippen molar-refractivity contribution in [2.24, 2.45) is 7.05 Å². The molecule has 1 aliphatic rings. The average Bonchev–Trinajstić information content (AvgIpc) is 3.48. The summed E-state index contributed by atoms with van der Waals surface area (Å²) in [6, 6.07) is 16.1. The average molecular weight is 544 g/mol. The molecule has 0 spiro atoms. The van der Waals surface area contributed by atoms with Crippen molar-refractivity contribution in [3.05, 3.63) is 86.9 Å². The first kappa shape index (κ1) is 25.0. The lowest BCUT2D eigenvalue weighted by atomic mass is 10.1. The van der Waals surface area contributed by atoms with Crippen LogP contribution in [0.3, 0.4) is 0 Å². The summed E-state index contributed by atoms with van der Waals surface area (Å²) in [5, 5.41) is 17.7. The summed E-state index contributed by atoms with van der Waals surface area (Å²) in [6.45, 7) is 4.64. The topological polar surface area (TPSA) is 108 Å². The highest BCUT2D eigenvalue weighted by Crippen LogP contribution is 2.32. The number of fused-ring (bicyclic) bond motifs is 1. The molecule has 0 atom stereocenters. The molecule has 0 saturated carbocycles. The summed E-state index contributed by atoms with van der Waals surface area (Å²) in [4.78, 5) is 28.3. The first-order valence-electron chi connectivity index (χ1n) is 12.6. The number of amides is 1. The summed E-state index contributed by atoms with van der Waals surface area (Å²) in [6.07, 6.45) is 1.20. The molecule has 1 fully saturated rings. The number of thiophene rings is 1. The van der Waals surface area contributed by atoms with Gasteiger partial charge in [0.05, 0.1) is 22.0 Å². The number of carbonyl (C=O) groups is 1. The van der Waals surface area contributed by atoms with Gasteiger partial charge in [0.1, 0.15) is 5.69 Å². The minimum atomic E-state index is -0.635. The Morgan fingerprint density at radius 3 is 2.74 bits per heavy atom. The standard InChI is InChI=1S/C28H26FN7O2S/c1-16-8-9-19(25(29)26(16)31-28(38)23-12-17-6-3-4-7-22(17)39-23)20-14-21(27(37)33-32-20)30-24-13-18(35(2)34-24)15-36-10-5-11-36/h3-4,6-9,12-14H,5,10-11,15H2,1-2H3,(H,31,38)(H,33,37)(H,30,32,34). The quantitative estimate of drug-likeness (QED) is 0.266. The van der Waals surface area contributed by atoms with E-state index in [1.54, 1.807) is 29.8 Å². The largest absolute Gasteiger partial charge is 0.334 e. The van der Waals surface area contributed by atoms with E-state index in [-0.39, 0.29) is 22.6 Å². The smallest absolute Gasteiger partial charge is 0.287 e. The number of carbonyl (C=O) groups excluding carboxylic acids is 1. The highest BCUT2D eigenvalue weighted by atomic mass is 32.1. The number of aromatic nitrogens is 4. The van der Waals surface area contributed by atoms with E-state index in [0.29, 0.717) is 16.3 Å². The Balaban J connectivity index is 1.27. The predicted molar refractivity (Wildman–Crippen MR) is 151 cm³/mol. The molecule has 1 saturated heterocycles. The van der Waals surface area contributed by atoms with Crippen LogP contribution in [0, 0.1) is 12.7 Å². The molecule has 1 amide bonds. The molecular formula is C28H26FN7O2S. The molecule has 3 N–H and O–H groups in total. The molecule has 4 heterocycles. The van der Waals surface area contributed by atoms with Crippen LogP contribution in [0.2, 0.25) is 0 Å². The Morgan fingerprint density at radius 2 is 1.97 bits per heavy atom. The van der Waals surface area contributed by atoms with Gasteiger partial charge < -0.3 is 10.6 Å². The third-order valence-electron chi connectivity index (χ3n) is 6.89. The van der Waals surface area contributed by atoms with Crippen LogP contribution in [0.25, 0.3) is 21.3 Å². The van der Waals surface area contributed by atoms with Crippen LogP contribution < -0.4 is 16.2 Å². The number of H-pyrrole nitrogens is 1. The molecule has 0 bridgehead atoms. The zero-order chi connectivity index (χ0) is 27.1. The van der Waals surface area contributed by atoms with Gasteiger partial charge in [-0.05, 0) is 61.6 Å². The molecule has 0 radical (unpaired) electrons. The number of halogens is 1. The van der Waals surface area contributed by atoms with Gasteiger partial charge in [0.2, 0.25) is 0 Å². The molecule has 39 heavy (non-hydrogen) atoms. The lowest BCUT2D eigenvalue weighted by molar-refractivity contribution is 0.103. The van der Waals surface area contributed by atoms with Crippen LogP contribution in [-0.2, 0) is 13.6 Å². The molecule has 1 aliphatic heterocycles. The lowest BCUT2D eigenvalue weighted by Gasteiger charge is -2.30. The van der Waals surface area contributed by atoms with Crippen molar-refractivity contribution in [1.82, 2.24) is 24.9 Å². The van der Waals surface area contributed by atoms with E-state index < -0.39 is 17.3 Å². The fourth-order valence-electron chi connectivity index (χ4n) is 4.55. The number of aromatic amines is 1. The Labute approximate surface area is 227 Å². The first-order chi connectivity index (χ1) is 18.9. The first-order valence-corrected chi connectivity index (χ1v) is 13.4. The predicted octanol–water partition coefficient (Wildman–Crippen LogP) is 5.03. The number of rotatable bonds is 7. The molecule has 0 aliphatic carbocycles. The van der Waals surface area contributed by atoms with Crippen molar-refractivity contribution in [2.75, 3.05) is 23.7 Å². The van der Waals surface area contributed by atoms with Crippen molar-refractivity contribution in [3.8, 4) is 11.3 Å². The Hall–Kier alpha value is -4.35. The van der Waals surface area contributed by atoms with Crippen molar-refractivity contribution in [3.63, 3.8) is 0 Å². The van der Waals surface area contributed by atoms with Gasteiger partial charge in [-0.15, -0.1) is 11.3 Å². The van der Waals surface area contributed by atoms with Crippen LogP contribution in [0.5, 0.6) is 0 Å². The maximum Gasteiger partial charge on any atom is 0.287 e. The van der Waals surface area contributed by atoms with E-state index in [1.807, 2.05) is 37.4 Å². The minimum Gasteiger partial charge on any atom is -0.334 e. The third kappa shape index (κ3) is 4.93. The summed E-state index contributed by atoms with van der Waals surface area (Å²) in [5.74, 6) is -0.516. The molecular weight excluding hydrogens is 517 g/mol. The zero-order valence-corrected chi connectivity index (χ0v) is 22.2. The normalized spacial score (nSPS) is 13.4. The molecule has 6 rings (SSSR count). The molecule has 198 valence electrons. The maximum absolute atomic E-state index is 15.8.